The maximum Gasteiger partial charge on any atom is 0.419 e. The number of hydrogen-bond acceptors (Lipinski definition) is 6. The smallest absolute Gasteiger partial charge is 0.317 e. The Kier molecular flexibility index (Phi) is 6.94. The Hall–Kier alpha value is -3.24. The van der Waals surface area contributed by atoms with Crippen LogP contribution in [0, 0.1) is 5.82 Å². The minimum atomic E-state index is -4.93. The predicted molar refractivity (Wildman–Crippen MR) is 121 cm³/mol. The molecule has 2 aliphatic rings. The molecule has 37 heavy (non-hydrogen) atoms. The fourth-order valence-electron chi connectivity index (χ4n) is 4.25. The Bertz CT molecular complexity index is 1350. The molecule has 0 saturated heterocycles. The van der Waals surface area contributed by atoms with Gasteiger partial charge in [-0.3, -0.25) is 14.3 Å². The standard InChI is InChI=1S/C21H24F4N6O5S/c1-11-6-17-14(10-30(11)20(33)27-12-4-5-16(22)15(7-12)21(23,24)25)18-19(32)29(2)36-13(9-31(18)28-17)8-26-37(3,34)35/h4-5,7,11,13,26H,6,8-10H2,1-3H3,(H,27,33)/t11-,13?/m1/s1. The van der Waals surface area contributed by atoms with Gasteiger partial charge in [0.1, 0.15) is 17.6 Å². The molecule has 1 unspecified atom stereocenters. The van der Waals surface area contributed by atoms with E-state index in [0.717, 1.165) is 17.4 Å². The topological polar surface area (TPSA) is 126 Å². The van der Waals surface area contributed by atoms with Crippen molar-refractivity contribution in [2.45, 2.75) is 44.8 Å². The van der Waals surface area contributed by atoms with Crippen molar-refractivity contribution in [2.24, 2.45) is 0 Å². The summed E-state index contributed by atoms with van der Waals surface area (Å²) in [5, 5.41) is 7.82. The van der Waals surface area contributed by atoms with E-state index in [2.05, 4.69) is 15.1 Å². The number of urea groups is 1. The monoisotopic (exact) mass is 548 g/mol. The Balaban J connectivity index is 1.58. The molecule has 0 fully saturated rings. The van der Waals surface area contributed by atoms with E-state index in [-0.39, 0.29) is 37.4 Å². The summed E-state index contributed by atoms with van der Waals surface area (Å²) in [5.74, 6) is -2.02. The van der Waals surface area contributed by atoms with Crippen LogP contribution in [0.25, 0.3) is 0 Å². The van der Waals surface area contributed by atoms with Crippen molar-refractivity contribution in [3.05, 3.63) is 46.5 Å². The van der Waals surface area contributed by atoms with Crippen LogP contribution in [0.3, 0.4) is 0 Å². The second kappa shape index (κ2) is 9.57. The van der Waals surface area contributed by atoms with Crippen molar-refractivity contribution in [3.8, 4) is 0 Å². The van der Waals surface area contributed by atoms with Gasteiger partial charge in [0.15, 0.2) is 0 Å². The van der Waals surface area contributed by atoms with E-state index in [1.807, 2.05) is 0 Å². The summed E-state index contributed by atoms with van der Waals surface area (Å²) in [6.45, 7) is 1.59. The quantitative estimate of drug-likeness (QED) is 0.563. The third-order valence-electron chi connectivity index (χ3n) is 6.01. The maximum atomic E-state index is 13.6. The van der Waals surface area contributed by atoms with Crippen LogP contribution in [0.4, 0.5) is 28.0 Å². The fraction of sp³-hybridized carbons (Fsp3) is 0.476. The Morgan fingerprint density at radius 3 is 2.65 bits per heavy atom. The lowest BCUT2D eigenvalue weighted by Gasteiger charge is -2.33. The molecule has 2 atom stereocenters. The molecule has 2 aromatic rings. The first-order valence-electron chi connectivity index (χ1n) is 11.1. The molecule has 11 nitrogen and oxygen atoms in total. The molecule has 0 saturated carbocycles. The number of nitrogens with zero attached hydrogens (tertiary/aromatic N) is 4. The van der Waals surface area contributed by atoms with Crippen LogP contribution in [0.15, 0.2) is 18.2 Å². The van der Waals surface area contributed by atoms with Gasteiger partial charge < -0.3 is 10.2 Å². The number of nitrogens with one attached hydrogen (secondary N) is 2. The highest BCUT2D eigenvalue weighted by Crippen LogP contribution is 2.34. The number of anilines is 1. The number of carbonyl (C=O) groups is 2. The van der Waals surface area contributed by atoms with E-state index in [0.29, 0.717) is 23.4 Å². The number of rotatable bonds is 4. The number of amides is 3. The maximum absolute atomic E-state index is 13.6. The van der Waals surface area contributed by atoms with Crippen molar-refractivity contribution in [3.63, 3.8) is 0 Å². The molecule has 1 aromatic heterocycles. The summed E-state index contributed by atoms with van der Waals surface area (Å²) in [6, 6.07) is 0.992. The van der Waals surface area contributed by atoms with E-state index in [9.17, 15) is 35.6 Å². The highest BCUT2D eigenvalue weighted by atomic mass is 32.2. The summed E-state index contributed by atoms with van der Waals surface area (Å²) in [7, 11) is -2.14. The van der Waals surface area contributed by atoms with E-state index in [1.54, 1.807) is 6.92 Å². The second-order valence-electron chi connectivity index (χ2n) is 8.91. The van der Waals surface area contributed by atoms with Crippen LogP contribution >= 0.6 is 0 Å². The number of hydrogen-bond donors (Lipinski definition) is 2. The predicted octanol–water partition coefficient (Wildman–Crippen LogP) is 1.95. The lowest BCUT2D eigenvalue weighted by atomic mass is 9.99. The van der Waals surface area contributed by atoms with Gasteiger partial charge in [-0.25, -0.2) is 27.4 Å². The molecular weight excluding hydrogens is 524 g/mol. The average Bonchev–Trinajstić information content (AvgIpc) is 3.06. The van der Waals surface area contributed by atoms with Crippen LogP contribution in [-0.4, -0.2) is 72.1 Å². The third-order valence-corrected chi connectivity index (χ3v) is 6.70. The summed E-state index contributed by atoms with van der Waals surface area (Å²) >= 11 is 0. The Morgan fingerprint density at radius 1 is 1.30 bits per heavy atom. The van der Waals surface area contributed by atoms with E-state index in [4.69, 9.17) is 4.84 Å². The molecule has 3 amide bonds. The SMILES string of the molecule is C[C@@H]1Cc2nn3c(c2CN1C(=O)Nc1ccc(F)c(C(F)(F)F)c1)C(=O)N(C)OC(CNS(C)(=O)=O)C3. The largest absolute Gasteiger partial charge is 0.419 e. The zero-order chi connectivity index (χ0) is 27.3. The zero-order valence-electron chi connectivity index (χ0n) is 20.0. The lowest BCUT2D eigenvalue weighted by molar-refractivity contribution is -0.145. The van der Waals surface area contributed by atoms with Crippen LogP contribution in [0.5, 0.6) is 0 Å². The number of hydroxylamine groups is 2. The molecule has 2 N–H and O–H groups in total. The molecule has 2 aliphatic heterocycles. The molecular formula is C21H24F4N6O5S. The van der Waals surface area contributed by atoms with Gasteiger partial charge in [0.2, 0.25) is 10.0 Å². The van der Waals surface area contributed by atoms with E-state index < -0.39 is 51.7 Å². The summed E-state index contributed by atoms with van der Waals surface area (Å²) in [4.78, 5) is 33.0. The number of aromatic nitrogens is 2. The van der Waals surface area contributed by atoms with E-state index in [1.165, 1.54) is 16.6 Å². The van der Waals surface area contributed by atoms with Gasteiger partial charge in [-0.2, -0.15) is 18.3 Å². The Morgan fingerprint density at radius 2 is 2.00 bits per heavy atom. The van der Waals surface area contributed by atoms with Crippen molar-refractivity contribution >= 4 is 27.6 Å². The minimum Gasteiger partial charge on any atom is -0.317 e. The van der Waals surface area contributed by atoms with Crippen molar-refractivity contribution in [1.29, 1.82) is 0 Å². The molecule has 0 radical (unpaired) electrons. The molecule has 202 valence electrons. The normalized spacial score (nSPS) is 20.4. The van der Waals surface area contributed by atoms with Gasteiger partial charge in [0, 0.05) is 37.3 Å². The molecule has 0 bridgehead atoms. The number of fused-ring (bicyclic) bond motifs is 3. The van der Waals surface area contributed by atoms with Crippen LogP contribution in [0.1, 0.15) is 34.2 Å². The van der Waals surface area contributed by atoms with E-state index >= 15 is 0 Å². The van der Waals surface area contributed by atoms with Gasteiger partial charge in [0.25, 0.3) is 5.91 Å². The molecule has 1 aromatic carbocycles. The highest BCUT2D eigenvalue weighted by Gasteiger charge is 2.38. The number of benzene rings is 1. The van der Waals surface area contributed by atoms with Crippen molar-refractivity contribution in [1.82, 2.24) is 24.5 Å². The summed E-state index contributed by atoms with van der Waals surface area (Å²) in [5.41, 5.74) is -0.581. The number of carbonyl (C=O) groups excluding carboxylic acids is 2. The minimum absolute atomic E-state index is 0.0529. The molecule has 16 heteroatoms. The zero-order valence-corrected chi connectivity index (χ0v) is 20.8. The summed E-state index contributed by atoms with van der Waals surface area (Å²) in [6.07, 6.45) is -4.43. The fourth-order valence-corrected chi connectivity index (χ4v) is 4.74. The summed E-state index contributed by atoms with van der Waals surface area (Å²) < 4.78 is 79.5. The molecule has 0 spiro atoms. The number of halogens is 4. The van der Waals surface area contributed by atoms with Gasteiger partial charge in [-0.05, 0) is 25.1 Å². The van der Waals surface area contributed by atoms with Crippen molar-refractivity contribution in [2.75, 3.05) is 25.2 Å². The second-order valence-corrected chi connectivity index (χ2v) is 10.7. The van der Waals surface area contributed by atoms with Crippen LogP contribution in [-0.2, 0) is 40.5 Å². The van der Waals surface area contributed by atoms with Crippen LogP contribution in [0.2, 0.25) is 0 Å². The first-order chi connectivity index (χ1) is 17.1. The van der Waals surface area contributed by atoms with Gasteiger partial charge in [-0.1, -0.05) is 0 Å². The molecule has 4 rings (SSSR count). The average molecular weight is 549 g/mol. The first kappa shape index (κ1) is 26.8. The highest BCUT2D eigenvalue weighted by molar-refractivity contribution is 7.88. The Labute approximate surface area is 209 Å². The third kappa shape index (κ3) is 5.70. The van der Waals surface area contributed by atoms with Gasteiger partial charge in [-0.15, -0.1) is 0 Å². The number of sulfonamides is 1. The lowest BCUT2D eigenvalue weighted by Crippen LogP contribution is -2.45. The van der Waals surface area contributed by atoms with Gasteiger partial charge in [0.05, 0.1) is 30.6 Å². The molecule has 3 heterocycles. The first-order valence-corrected chi connectivity index (χ1v) is 13.0. The van der Waals surface area contributed by atoms with Crippen LogP contribution < -0.4 is 10.0 Å². The number of alkyl halides is 3. The van der Waals surface area contributed by atoms with Gasteiger partial charge >= 0.3 is 12.2 Å². The van der Waals surface area contributed by atoms with Crippen molar-refractivity contribution < 1.29 is 40.4 Å². The molecule has 0 aliphatic carbocycles.